The smallest absolute Gasteiger partial charge is 0.250 e. The molecule has 1 N–H and O–H groups in total. The molecule has 2 unspecified atom stereocenters. The summed E-state index contributed by atoms with van der Waals surface area (Å²) in [5.74, 6) is 0.239. The van der Waals surface area contributed by atoms with Gasteiger partial charge < -0.3 is 19.9 Å². The lowest BCUT2D eigenvalue weighted by atomic mass is 9.80. The summed E-state index contributed by atoms with van der Waals surface area (Å²) in [5, 5.41) is 2.90. The maximum absolute atomic E-state index is 13.4. The van der Waals surface area contributed by atoms with E-state index in [0.717, 1.165) is 54.2 Å². The fraction of sp³-hybridized carbons (Fsp3) is 0.440. The van der Waals surface area contributed by atoms with E-state index in [-0.39, 0.29) is 17.7 Å². The Morgan fingerprint density at radius 1 is 1.10 bits per heavy atom. The molecule has 0 radical (unpaired) electrons. The van der Waals surface area contributed by atoms with Crippen LogP contribution in [0.15, 0.2) is 42.5 Å². The normalized spacial score (nSPS) is 20.9. The number of piperidine rings is 1. The number of nitrogens with zero attached hydrogens (tertiary/aromatic N) is 2. The number of hydrogen-bond acceptors (Lipinski definition) is 4. The maximum atomic E-state index is 13.4. The minimum atomic E-state index is -0.660. The molecule has 2 aliphatic rings. The molecule has 4 rings (SSSR count). The van der Waals surface area contributed by atoms with Crippen molar-refractivity contribution in [2.45, 2.75) is 45.1 Å². The van der Waals surface area contributed by atoms with Gasteiger partial charge in [0.05, 0.1) is 12.3 Å². The fourth-order valence-electron chi connectivity index (χ4n) is 4.81. The first-order chi connectivity index (χ1) is 15.0. The summed E-state index contributed by atoms with van der Waals surface area (Å²) in [6.45, 7) is 6.00. The molecule has 6 heteroatoms. The average Bonchev–Trinajstić information content (AvgIpc) is 2.78. The highest BCUT2D eigenvalue weighted by Gasteiger charge is 2.41. The summed E-state index contributed by atoms with van der Waals surface area (Å²) in [6, 6.07) is 13.4. The molecule has 31 heavy (non-hydrogen) atoms. The number of fused-ring (bicyclic) bond motifs is 1. The molecule has 1 saturated heterocycles. The summed E-state index contributed by atoms with van der Waals surface area (Å²) < 4.78 is 6.09. The van der Waals surface area contributed by atoms with Crippen LogP contribution >= 0.6 is 0 Å². The highest BCUT2D eigenvalue weighted by Crippen LogP contribution is 2.45. The predicted molar refractivity (Wildman–Crippen MR) is 123 cm³/mol. The first kappa shape index (κ1) is 21.2. The lowest BCUT2D eigenvalue weighted by Crippen LogP contribution is -2.53. The Bertz CT molecular complexity index is 954. The van der Waals surface area contributed by atoms with Crippen LogP contribution in [-0.4, -0.2) is 44.6 Å². The van der Waals surface area contributed by atoms with Gasteiger partial charge in [-0.2, -0.15) is 0 Å². The molecule has 0 spiro atoms. The minimum absolute atomic E-state index is 0.106. The maximum Gasteiger partial charge on any atom is 0.250 e. The summed E-state index contributed by atoms with van der Waals surface area (Å²) in [5.41, 5.74) is 3.92. The third-order valence-electron chi connectivity index (χ3n) is 6.25. The zero-order valence-corrected chi connectivity index (χ0v) is 18.6. The number of anilines is 2. The van der Waals surface area contributed by atoms with Crippen LogP contribution in [0.5, 0.6) is 5.75 Å². The zero-order valence-electron chi connectivity index (χ0n) is 18.6. The molecule has 1 fully saturated rings. The molecule has 0 aromatic heterocycles. The van der Waals surface area contributed by atoms with Crippen molar-refractivity contribution in [1.82, 2.24) is 5.32 Å². The Labute approximate surface area is 184 Å². The van der Waals surface area contributed by atoms with Crippen LogP contribution in [0.3, 0.4) is 0 Å². The molecule has 2 aliphatic heterocycles. The van der Waals surface area contributed by atoms with Crippen LogP contribution < -0.4 is 19.9 Å². The van der Waals surface area contributed by atoms with Crippen molar-refractivity contribution >= 4 is 23.2 Å². The van der Waals surface area contributed by atoms with Gasteiger partial charge in [0.2, 0.25) is 11.8 Å². The molecule has 2 aromatic rings. The van der Waals surface area contributed by atoms with E-state index in [1.165, 1.54) is 13.3 Å². The number of benzene rings is 2. The molecule has 6 nitrogen and oxygen atoms in total. The van der Waals surface area contributed by atoms with Crippen LogP contribution in [0.4, 0.5) is 11.4 Å². The van der Waals surface area contributed by atoms with Crippen molar-refractivity contribution in [3.8, 4) is 5.75 Å². The van der Waals surface area contributed by atoms with Gasteiger partial charge in [0.15, 0.2) is 0 Å². The number of carbonyl (C=O) groups is 2. The van der Waals surface area contributed by atoms with Crippen molar-refractivity contribution in [2.24, 2.45) is 0 Å². The molecule has 0 bridgehead atoms. The topological polar surface area (TPSA) is 61.9 Å². The summed E-state index contributed by atoms with van der Waals surface area (Å²) in [6.07, 6.45) is 3.57. The van der Waals surface area contributed by atoms with E-state index in [2.05, 4.69) is 22.3 Å². The highest BCUT2D eigenvalue weighted by atomic mass is 16.5. The molecule has 2 aromatic carbocycles. The number of likely N-dealkylation sites (N-methyl/N-ethyl adjacent to an activating group) is 1. The third-order valence-corrected chi connectivity index (χ3v) is 6.25. The molecule has 0 aliphatic carbocycles. The number of carbonyl (C=O) groups excluding carboxylic acids is 2. The second kappa shape index (κ2) is 9.00. The Hall–Kier alpha value is -3.02. The van der Waals surface area contributed by atoms with Gasteiger partial charge in [0.1, 0.15) is 11.8 Å². The van der Waals surface area contributed by atoms with E-state index in [1.54, 1.807) is 11.9 Å². The first-order valence-electron chi connectivity index (χ1n) is 11.2. The lowest BCUT2D eigenvalue weighted by Gasteiger charge is -2.40. The van der Waals surface area contributed by atoms with Crippen molar-refractivity contribution in [2.75, 3.05) is 36.5 Å². The van der Waals surface area contributed by atoms with Crippen LogP contribution in [-0.2, 0) is 9.59 Å². The van der Waals surface area contributed by atoms with Crippen LogP contribution in [0.25, 0.3) is 0 Å². The van der Waals surface area contributed by atoms with Crippen molar-refractivity contribution in [3.05, 3.63) is 53.6 Å². The highest BCUT2D eigenvalue weighted by molar-refractivity contribution is 6.03. The molecule has 164 valence electrons. The second-order valence-electron chi connectivity index (χ2n) is 8.32. The van der Waals surface area contributed by atoms with Crippen molar-refractivity contribution in [3.63, 3.8) is 0 Å². The Balaban J connectivity index is 1.89. The summed E-state index contributed by atoms with van der Waals surface area (Å²) in [4.78, 5) is 29.4. The molecule has 2 amide bonds. The minimum Gasteiger partial charge on any atom is -0.492 e. The second-order valence-corrected chi connectivity index (χ2v) is 8.32. The third kappa shape index (κ3) is 4.11. The van der Waals surface area contributed by atoms with Crippen LogP contribution in [0.1, 0.15) is 50.2 Å². The number of amides is 2. The number of hydrogen-bond donors (Lipinski definition) is 1. The van der Waals surface area contributed by atoms with Gasteiger partial charge in [-0.15, -0.1) is 0 Å². The van der Waals surface area contributed by atoms with E-state index in [9.17, 15) is 9.59 Å². The monoisotopic (exact) mass is 421 g/mol. The fourth-order valence-corrected chi connectivity index (χ4v) is 4.81. The van der Waals surface area contributed by atoms with E-state index in [4.69, 9.17) is 4.74 Å². The Morgan fingerprint density at radius 3 is 2.45 bits per heavy atom. The Kier molecular flexibility index (Phi) is 6.16. The van der Waals surface area contributed by atoms with Crippen molar-refractivity contribution in [1.29, 1.82) is 0 Å². The molecule has 0 saturated carbocycles. The van der Waals surface area contributed by atoms with E-state index in [0.29, 0.717) is 6.61 Å². The zero-order chi connectivity index (χ0) is 22.0. The number of ether oxygens (including phenoxy) is 1. The van der Waals surface area contributed by atoms with Crippen LogP contribution in [0, 0.1) is 0 Å². The van der Waals surface area contributed by atoms with E-state index >= 15 is 0 Å². The first-order valence-corrected chi connectivity index (χ1v) is 11.2. The van der Waals surface area contributed by atoms with E-state index in [1.807, 2.05) is 37.3 Å². The SMILES string of the molecule is CCOc1cc2c(cc1N1CCCCC1)N(C)C(=O)C(NC(C)=O)C2c1ccccc1. The van der Waals surface area contributed by atoms with Gasteiger partial charge in [-0.25, -0.2) is 0 Å². The number of rotatable bonds is 5. The van der Waals surface area contributed by atoms with Gasteiger partial charge in [0, 0.05) is 38.7 Å². The summed E-state index contributed by atoms with van der Waals surface area (Å²) >= 11 is 0. The number of nitrogens with one attached hydrogen (secondary N) is 1. The van der Waals surface area contributed by atoms with Gasteiger partial charge in [0.25, 0.3) is 0 Å². The molecule has 2 heterocycles. The average molecular weight is 422 g/mol. The predicted octanol–water partition coefficient (Wildman–Crippen LogP) is 3.69. The standard InChI is InChI=1S/C25H31N3O3/c1-4-31-22-15-19-20(16-21(22)28-13-9-6-10-14-28)27(3)25(30)24(26-17(2)29)23(19)18-11-7-5-8-12-18/h5,7-8,11-12,15-16,23-24H,4,6,9-10,13-14H2,1-3H3,(H,26,29). The Morgan fingerprint density at radius 2 is 1.81 bits per heavy atom. The van der Waals surface area contributed by atoms with Crippen molar-refractivity contribution < 1.29 is 14.3 Å². The van der Waals surface area contributed by atoms with Gasteiger partial charge in [-0.1, -0.05) is 30.3 Å². The molecular formula is C25H31N3O3. The van der Waals surface area contributed by atoms with Gasteiger partial charge in [-0.3, -0.25) is 9.59 Å². The quantitative estimate of drug-likeness (QED) is 0.800. The van der Waals surface area contributed by atoms with Crippen LogP contribution in [0.2, 0.25) is 0 Å². The summed E-state index contributed by atoms with van der Waals surface area (Å²) in [7, 11) is 1.79. The molecule has 2 atom stereocenters. The molecular weight excluding hydrogens is 390 g/mol. The largest absolute Gasteiger partial charge is 0.492 e. The van der Waals surface area contributed by atoms with E-state index < -0.39 is 6.04 Å². The van der Waals surface area contributed by atoms with Gasteiger partial charge in [-0.05, 0) is 49.4 Å². The van der Waals surface area contributed by atoms with Gasteiger partial charge >= 0.3 is 0 Å². The lowest BCUT2D eigenvalue weighted by molar-refractivity contribution is -0.126.